The molecule has 1 atom stereocenters. The van der Waals surface area contributed by atoms with Gasteiger partial charge in [0, 0.05) is 19.6 Å². The SMILES string of the molecule is CC(C)[C@H](N)C(=O)NCC(=O)NCCN1CCCS1(=O)=O.Cl. The molecule has 1 rings (SSSR count). The number of hydrogen-bond acceptors (Lipinski definition) is 5. The van der Waals surface area contributed by atoms with Crippen molar-refractivity contribution in [2.75, 3.05) is 31.9 Å². The molecular formula is C12H25ClN4O4S. The Morgan fingerprint density at radius 3 is 2.41 bits per heavy atom. The van der Waals surface area contributed by atoms with Gasteiger partial charge < -0.3 is 16.4 Å². The summed E-state index contributed by atoms with van der Waals surface area (Å²) >= 11 is 0. The molecular weight excluding hydrogens is 332 g/mol. The van der Waals surface area contributed by atoms with E-state index in [1.165, 1.54) is 4.31 Å². The zero-order valence-electron chi connectivity index (χ0n) is 12.9. The minimum Gasteiger partial charge on any atom is -0.353 e. The molecule has 0 aliphatic carbocycles. The number of nitrogens with two attached hydrogens (primary N) is 1. The predicted molar refractivity (Wildman–Crippen MR) is 86.1 cm³/mol. The Morgan fingerprint density at radius 1 is 1.27 bits per heavy atom. The first-order valence-electron chi connectivity index (χ1n) is 7.02. The number of carbonyl (C=O) groups is 2. The van der Waals surface area contributed by atoms with Crippen LogP contribution in [0.4, 0.5) is 0 Å². The minimum atomic E-state index is -3.14. The first-order chi connectivity index (χ1) is 9.74. The Labute approximate surface area is 137 Å². The van der Waals surface area contributed by atoms with Crippen molar-refractivity contribution in [3.63, 3.8) is 0 Å². The van der Waals surface area contributed by atoms with Gasteiger partial charge >= 0.3 is 0 Å². The van der Waals surface area contributed by atoms with Gasteiger partial charge in [-0.25, -0.2) is 12.7 Å². The van der Waals surface area contributed by atoms with E-state index in [4.69, 9.17) is 5.73 Å². The predicted octanol–water partition coefficient (Wildman–Crippen LogP) is -1.34. The average molecular weight is 357 g/mol. The van der Waals surface area contributed by atoms with E-state index in [1.807, 2.05) is 13.8 Å². The molecule has 0 aromatic heterocycles. The second-order valence-corrected chi connectivity index (χ2v) is 7.49. The highest BCUT2D eigenvalue weighted by Crippen LogP contribution is 2.11. The van der Waals surface area contributed by atoms with Gasteiger partial charge in [0.1, 0.15) is 0 Å². The van der Waals surface area contributed by atoms with E-state index < -0.39 is 16.1 Å². The molecule has 0 saturated carbocycles. The Balaban J connectivity index is 0.00000441. The van der Waals surface area contributed by atoms with Gasteiger partial charge in [-0.2, -0.15) is 0 Å². The van der Waals surface area contributed by atoms with Gasteiger partial charge in [0.25, 0.3) is 0 Å². The fourth-order valence-corrected chi connectivity index (χ4v) is 3.44. The van der Waals surface area contributed by atoms with Crippen LogP contribution in [0, 0.1) is 5.92 Å². The first kappa shape index (κ1) is 21.1. The van der Waals surface area contributed by atoms with Crippen LogP contribution in [0.5, 0.6) is 0 Å². The van der Waals surface area contributed by atoms with E-state index >= 15 is 0 Å². The maximum absolute atomic E-state index is 11.6. The van der Waals surface area contributed by atoms with E-state index in [1.54, 1.807) is 0 Å². The van der Waals surface area contributed by atoms with E-state index in [-0.39, 0.29) is 55.5 Å². The van der Waals surface area contributed by atoms with Crippen molar-refractivity contribution in [2.24, 2.45) is 11.7 Å². The van der Waals surface area contributed by atoms with Crippen molar-refractivity contribution < 1.29 is 18.0 Å². The third-order valence-electron chi connectivity index (χ3n) is 3.33. The lowest BCUT2D eigenvalue weighted by Crippen LogP contribution is -2.47. The Morgan fingerprint density at radius 2 is 1.91 bits per heavy atom. The van der Waals surface area contributed by atoms with Gasteiger partial charge in [0.05, 0.1) is 18.3 Å². The maximum atomic E-state index is 11.6. The molecule has 1 aliphatic rings. The van der Waals surface area contributed by atoms with E-state index in [9.17, 15) is 18.0 Å². The summed E-state index contributed by atoms with van der Waals surface area (Å²) in [6, 6.07) is -0.646. The Bertz CT molecular complexity index is 484. The van der Waals surface area contributed by atoms with E-state index in [0.29, 0.717) is 13.0 Å². The van der Waals surface area contributed by atoms with Crippen LogP contribution in [0.25, 0.3) is 0 Å². The van der Waals surface area contributed by atoms with Crippen molar-refractivity contribution in [1.29, 1.82) is 0 Å². The minimum absolute atomic E-state index is 0. The monoisotopic (exact) mass is 356 g/mol. The van der Waals surface area contributed by atoms with Gasteiger partial charge in [-0.3, -0.25) is 9.59 Å². The molecule has 0 bridgehead atoms. The first-order valence-corrected chi connectivity index (χ1v) is 8.63. The maximum Gasteiger partial charge on any atom is 0.239 e. The van der Waals surface area contributed by atoms with Crippen molar-refractivity contribution in [1.82, 2.24) is 14.9 Å². The topological polar surface area (TPSA) is 122 Å². The summed E-state index contributed by atoms with van der Waals surface area (Å²) in [6.07, 6.45) is 0.624. The van der Waals surface area contributed by atoms with Gasteiger partial charge in [0.2, 0.25) is 21.8 Å². The standard InChI is InChI=1S/C12H24N4O4S.ClH/c1-9(2)11(13)12(18)15-8-10(17)14-4-6-16-5-3-7-21(16,19)20;/h9,11H,3-8,13H2,1-2H3,(H,14,17)(H,15,18);1H/t11-;/m0./s1. The largest absolute Gasteiger partial charge is 0.353 e. The number of carbonyl (C=O) groups excluding carboxylic acids is 2. The molecule has 1 saturated heterocycles. The molecule has 0 unspecified atom stereocenters. The van der Waals surface area contributed by atoms with Gasteiger partial charge in [0.15, 0.2) is 0 Å². The molecule has 130 valence electrons. The summed E-state index contributed by atoms with van der Waals surface area (Å²) in [7, 11) is -3.14. The zero-order chi connectivity index (χ0) is 16.0. The Kier molecular flexibility index (Phi) is 8.91. The summed E-state index contributed by atoms with van der Waals surface area (Å²) in [5.74, 6) is -0.573. The molecule has 0 aromatic carbocycles. The van der Waals surface area contributed by atoms with Gasteiger partial charge in [-0.15, -0.1) is 12.4 Å². The third kappa shape index (κ3) is 6.47. The number of amides is 2. The average Bonchev–Trinajstić information content (AvgIpc) is 2.74. The molecule has 0 spiro atoms. The number of rotatable bonds is 7. The summed E-state index contributed by atoms with van der Waals surface area (Å²) in [5, 5.41) is 5.02. The van der Waals surface area contributed by atoms with Crippen molar-refractivity contribution in [2.45, 2.75) is 26.3 Å². The van der Waals surface area contributed by atoms with Crippen LogP contribution in [0.1, 0.15) is 20.3 Å². The van der Waals surface area contributed by atoms with Crippen molar-refractivity contribution in [3.8, 4) is 0 Å². The molecule has 0 aromatic rings. The number of halogens is 1. The van der Waals surface area contributed by atoms with E-state index in [0.717, 1.165) is 0 Å². The third-order valence-corrected chi connectivity index (χ3v) is 5.29. The second kappa shape index (κ2) is 9.29. The zero-order valence-corrected chi connectivity index (χ0v) is 14.5. The summed E-state index contributed by atoms with van der Waals surface area (Å²) in [5.41, 5.74) is 5.64. The van der Waals surface area contributed by atoms with Crippen LogP contribution >= 0.6 is 12.4 Å². The number of hydrogen-bond donors (Lipinski definition) is 3. The fourth-order valence-electron chi connectivity index (χ4n) is 1.91. The molecule has 1 fully saturated rings. The molecule has 0 radical (unpaired) electrons. The number of nitrogens with zero attached hydrogens (tertiary/aromatic N) is 1. The number of nitrogens with one attached hydrogen (secondary N) is 2. The summed E-state index contributed by atoms with van der Waals surface area (Å²) in [6.45, 7) is 4.46. The molecule has 10 heteroatoms. The normalized spacial score (nSPS) is 18.5. The molecule has 1 aliphatic heterocycles. The lowest BCUT2D eigenvalue weighted by Gasteiger charge is -2.16. The van der Waals surface area contributed by atoms with Crippen molar-refractivity contribution in [3.05, 3.63) is 0 Å². The van der Waals surface area contributed by atoms with Crippen LogP contribution in [0.15, 0.2) is 0 Å². The quantitative estimate of drug-likeness (QED) is 0.521. The van der Waals surface area contributed by atoms with Crippen LogP contribution in [-0.4, -0.2) is 62.5 Å². The highest BCUT2D eigenvalue weighted by molar-refractivity contribution is 7.89. The molecule has 1 heterocycles. The Hall–Kier alpha value is -0.900. The van der Waals surface area contributed by atoms with Crippen molar-refractivity contribution >= 4 is 34.2 Å². The highest BCUT2D eigenvalue weighted by atomic mass is 35.5. The lowest BCUT2D eigenvalue weighted by atomic mass is 10.1. The van der Waals surface area contributed by atoms with Crippen LogP contribution < -0.4 is 16.4 Å². The molecule has 4 N–H and O–H groups in total. The summed E-state index contributed by atoms with van der Waals surface area (Å²) in [4.78, 5) is 23.1. The number of sulfonamides is 1. The van der Waals surface area contributed by atoms with Crippen LogP contribution in [-0.2, 0) is 19.6 Å². The highest BCUT2D eigenvalue weighted by Gasteiger charge is 2.27. The summed E-state index contributed by atoms with van der Waals surface area (Å²) < 4.78 is 24.4. The molecule has 2 amide bonds. The lowest BCUT2D eigenvalue weighted by molar-refractivity contribution is -0.127. The molecule has 22 heavy (non-hydrogen) atoms. The van der Waals surface area contributed by atoms with E-state index in [2.05, 4.69) is 10.6 Å². The second-order valence-electron chi connectivity index (χ2n) is 5.41. The van der Waals surface area contributed by atoms with Gasteiger partial charge in [-0.1, -0.05) is 13.8 Å². The molecule has 8 nitrogen and oxygen atoms in total. The van der Waals surface area contributed by atoms with Gasteiger partial charge in [-0.05, 0) is 12.3 Å². The van der Waals surface area contributed by atoms with Crippen LogP contribution in [0.3, 0.4) is 0 Å². The smallest absolute Gasteiger partial charge is 0.239 e. The fraction of sp³-hybridized carbons (Fsp3) is 0.833. The van der Waals surface area contributed by atoms with Crippen LogP contribution in [0.2, 0.25) is 0 Å².